The van der Waals surface area contributed by atoms with E-state index in [1.807, 2.05) is 19.1 Å². The monoisotopic (exact) mass is 650 g/mol. The minimum atomic E-state index is -1.28. The second-order valence-electron chi connectivity index (χ2n) is 10.7. The van der Waals surface area contributed by atoms with Crippen LogP contribution in [0.25, 0.3) is 0 Å². The zero-order chi connectivity index (χ0) is 34.3. The van der Waals surface area contributed by atoms with Crippen LogP contribution in [0, 0.1) is 6.92 Å². The number of ketones is 1. The van der Waals surface area contributed by atoms with Gasteiger partial charge >= 0.3 is 11.9 Å². The largest absolute Gasteiger partial charge is 0.481 e. The van der Waals surface area contributed by atoms with Gasteiger partial charge in [-0.05, 0) is 57.6 Å². The molecule has 0 saturated carbocycles. The highest BCUT2D eigenvalue weighted by Gasteiger charge is 2.21. The number of ether oxygens (including phenoxy) is 2. The van der Waals surface area contributed by atoms with E-state index in [1.165, 1.54) is 0 Å². The summed E-state index contributed by atoms with van der Waals surface area (Å²) in [5, 5.41) is 25.5. The number of carboxylic acids is 2. The van der Waals surface area contributed by atoms with Gasteiger partial charge in [0.05, 0.1) is 13.2 Å². The van der Waals surface area contributed by atoms with Crippen LogP contribution in [0.15, 0.2) is 24.3 Å². The summed E-state index contributed by atoms with van der Waals surface area (Å²) in [5.41, 5.74) is 7.02. The van der Waals surface area contributed by atoms with Crippen molar-refractivity contribution >= 4 is 41.4 Å². The molecule has 7 N–H and O–H groups in total. The van der Waals surface area contributed by atoms with Crippen LogP contribution in [0.2, 0.25) is 0 Å². The molecule has 0 aromatic heterocycles. The maximum Gasteiger partial charge on any atom is 0.326 e. The quantitative estimate of drug-likeness (QED) is 0.0768. The average Bonchev–Trinajstić information content (AvgIpc) is 2.99. The molecule has 0 bridgehead atoms. The van der Waals surface area contributed by atoms with Crippen LogP contribution in [0.3, 0.4) is 0 Å². The Morgan fingerprint density at radius 3 is 2.07 bits per heavy atom. The molecule has 46 heavy (non-hydrogen) atoms. The molecule has 15 heteroatoms. The van der Waals surface area contributed by atoms with E-state index in [1.54, 1.807) is 12.1 Å². The molecular weight excluding hydrogens is 604 g/mol. The fourth-order valence-electron chi connectivity index (χ4n) is 4.11. The van der Waals surface area contributed by atoms with Crippen molar-refractivity contribution in [3.05, 3.63) is 35.4 Å². The molecule has 1 rings (SSSR count). The first kappa shape index (κ1) is 39.7. The van der Waals surface area contributed by atoms with Crippen LogP contribution in [0.5, 0.6) is 0 Å². The summed E-state index contributed by atoms with van der Waals surface area (Å²) < 4.78 is 10.6. The third kappa shape index (κ3) is 19.1. The number of carboxylic acid groups (broad SMARTS) is 2. The van der Waals surface area contributed by atoms with Gasteiger partial charge in [0.25, 0.3) is 5.91 Å². The first-order valence-corrected chi connectivity index (χ1v) is 15.2. The Balaban J connectivity index is 2.13. The van der Waals surface area contributed by atoms with Crippen molar-refractivity contribution in [3.8, 4) is 0 Å². The molecule has 0 aliphatic rings. The first-order valence-electron chi connectivity index (χ1n) is 15.2. The Kier molecular flexibility index (Phi) is 19.9. The van der Waals surface area contributed by atoms with Gasteiger partial charge < -0.3 is 41.4 Å². The number of aliphatic carboxylic acids is 2. The molecule has 1 aromatic rings. The van der Waals surface area contributed by atoms with Gasteiger partial charge in [-0.3, -0.25) is 28.8 Å². The highest BCUT2D eigenvalue weighted by molar-refractivity contribution is 5.94. The summed E-state index contributed by atoms with van der Waals surface area (Å²) in [6, 6.07) is 5.08. The summed E-state index contributed by atoms with van der Waals surface area (Å²) in [6.45, 7) is 2.52. The van der Waals surface area contributed by atoms with Crippen molar-refractivity contribution in [2.75, 3.05) is 33.0 Å². The number of hydrogen-bond donors (Lipinski definition) is 6. The smallest absolute Gasteiger partial charge is 0.326 e. The SMILES string of the molecule is Cc1ccc(C(=O)NCCCC[C@H](NC(=O)COCCOCCCC(=O)CC[C@H](NC(=O)CCCC(=O)O)C(=O)O)C(N)=O)cc1. The topological polar surface area (TPSA) is 241 Å². The van der Waals surface area contributed by atoms with E-state index in [0.29, 0.717) is 37.8 Å². The molecule has 0 unspecified atom stereocenters. The lowest BCUT2D eigenvalue weighted by Gasteiger charge is -2.15. The second kappa shape index (κ2) is 23.0. The summed E-state index contributed by atoms with van der Waals surface area (Å²) >= 11 is 0. The van der Waals surface area contributed by atoms with Gasteiger partial charge in [-0.15, -0.1) is 0 Å². The van der Waals surface area contributed by atoms with Crippen molar-refractivity contribution in [1.82, 2.24) is 16.0 Å². The summed E-state index contributed by atoms with van der Waals surface area (Å²) in [4.78, 5) is 81.8. The van der Waals surface area contributed by atoms with E-state index in [2.05, 4.69) is 16.0 Å². The summed E-state index contributed by atoms with van der Waals surface area (Å²) in [5.74, 6) is -4.49. The molecule has 2 atom stereocenters. The predicted octanol–water partition coefficient (Wildman–Crippen LogP) is 0.852. The van der Waals surface area contributed by atoms with E-state index >= 15 is 0 Å². The number of carbonyl (C=O) groups is 7. The van der Waals surface area contributed by atoms with E-state index < -0.39 is 41.7 Å². The second-order valence-corrected chi connectivity index (χ2v) is 10.7. The molecule has 256 valence electrons. The van der Waals surface area contributed by atoms with E-state index in [-0.39, 0.29) is 76.6 Å². The van der Waals surface area contributed by atoms with Crippen LogP contribution < -0.4 is 21.7 Å². The van der Waals surface area contributed by atoms with Gasteiger partial charge in [0.2, 0.25) is 17.7 Å². The number of rotatable bonds is 26. The fraction of sp³-hybridized carbons (Fsp3) is 0.581. The fourth-order valence-corrected chi connectivity index (χ4v) is 4.11. The molecule has 15 nitrogen and oxygen atoms in total. The Morgan fingerprint density at radius 1 is 0.739 bits per heavy atom. The highest BCUT2D eigenvalue weighted by atomic mass is 16.5. The van der Waals surface area contributed by atoms with Gasteiger partial charge in [-0.2, -0.15) is 0 Å². The van der Waals surface area contributed by atoms with Gasteiger partial charge in [-0.25, -0.2) is 4.79 Å². The minimum Gasteiger partial charge on any atom is -0.481 e. The average molecular weight is 651 g/mol. The molecule has 0 saturated heterocycles. The molecule has 0 heterocycles. The Hall–Kier alpha value is -4.37. The molecule has 0 aliphatic carbocycles. The number of amides is 4. The van der Waals surface area contributed by atoms with Crippen LogP contribution in [0.4, 0.5) is 0 Å². The molecule has 0 aliphatic heterocycles. The van der Waals surface area contributed by atoms with Crippen LogP contribution >= 0.6 is 0 Å². The predicted molar refractivity (Wildman–Crippen MR) is 165 cm³/mol. The van der Waals surface area contributed by atoms with E-state index in [4.69, 9.17) is 20.3 Å². The molecule has 4 amide bonds. The lowest BCUT2D eigenvalue weighted by Crippen LogP contribution is -2.45. The van der Waals surface area contributed by atoms with Crippen molar-refractivity contribution in [2.24, 2.45) is 5.73 Å². The number of unbranched alkanes of at least 4 members (excludes halogenated alkanes) is 1. The van der Waals surface area contributed by atoms with Crippen LogP contribution in [-0.4, -0.2) is 96.6 Å². The zero-order valence-electron chi connectivity index (χ0n) is 26.2. The number of nitrogens with two attached hydrogens (primary N) is 1. The first-order chi connectivity index (χ1) is 21.9. The van der Waals surface area contributed by atoms with Gasteiger partial charge in [0.1, 0.15) is 24.5 Å². The van der Waals surface area contributed by atoms with Crippen molar-refractivity contribution in [2.45, 2.75) is 83.2 Å². The van der Waals surface area contributed by atoms with Crippen molar-refractivity contribution < 1.29 is 53.2 Å². The Labute approximate surface area is 267 Å². The normalized spacial score (nSPS) is 12.0. The van der Waals surface area contributed by atoms with Crippen molar-refractivity contribution in [3.63, 3.8) is 0 Å². The zero-order valence-corrected chi connectivity index (χ0v) is 26.2. The maximum atomic E-state index is 12.1. The van der Waals surface area contributed by atoms with Gasteiger partial charge in [0.15, 0.2) is 0 Å². The molecular formula is C31H46N4O11. The van der Waals surface area contributed by atoms with Gasteiger partial charge in [0, 0.05) is 44.4 Å². The van der Waals surface area contributed by atoms with Crippen molar-refractivity contribution in [1.29, 1.82) is 0 Å². The standard InChI is InChI=1S/C31H46N4O11/c1-21-10-12-22(13-11-21)30(42)33-16-3-2-7-24(29(32)41)34-27(38)20-46-19-18-45-17-5-6-23(36)14-15-25(31(43)44)35-26(37)8-4-9-28(39)40/h10-13,24-25H,2-9,14-20H2,1H3,(H2,32,41)(H,33,42)(H,34,38)(H,35,37)(H,39,40)(H,43,44)/t24-,25-/m0/s1. The Bertz CT molecular complexity index is 1160. The van der Waals surface area contributed by atoms with Gasteiger partial charge in [-0.1, -0.05) is 17.7 Å². The third-order valence-electron chi connectivity index (χ3n) is 6.69. The van der Waals surface area contributed by atoms with E-state index in [0.717, 1.165) is 5.56 Å². The number of nitrogens with one attached hydrogen (secondary N) is 3. The maximum absolute atomic E-state index is 12.1. The third-order valence-corrected chi connectivity index (χ3v) is 6.69. The van der Waals surface area contributed by atoms with Crippen LogP contribution in [0.1, 0.15) is 80.1 Å². The molecule has 1 aromatic carbocycles. The van der Waals surface area contributed by atoms with E-state index in [9.17, 15) is 38.7 Å². The number of carbonyl (C=O) groups excluding carboxylic acids is 5. The number of hydrogen-bond acceptors (Lipinski definition) is 9. The Morgan fingerprint density at radius 2 is 1.41 bits per heavy atom. The number of aryl methyl sites for hydroxylation is 1. The lowest BCUT2D eigenvalue weighted by atomic mass is 10.1. The van der Waals surface area contributed by atoms with Crippen LogP contribution in [-0.2, 0) is 38.2 Å². The minimum absolute atomic E-state index is 0.0541. The summed E-state index contributed by atoms with van der Waals surface area (Å²) in [7, 11) is 0. The number of Topliss-reactive ketones (excluding diaryl/α,β-unsaturated/α-hetero) is 1. The number of primary amides is 1. The number of benzene rings is 1. The molecule has 0 spiro atoms. The summed E-state index contributed by atoms with van der Waals surface area (Å²) in [6.07, 6.45) is 1.60. The molecule has 0 radical (unpaired) electrons. The molecule has 0 fully saturated rings. The lowest BCUT2D eigenvalue weighted by molar-refractivity contribution is -0.142. The highest BCUT2D eigenvalue weighted by Crippen LogP contribution is 2.06.